The molecular weight excluding hydrogens is 411 g/mol. The monoisotopic (exact) mass is 427 g/mol. The van der Waals surface area contributed by atoms with Crippen molar-refractivity contribution in [1.29, 1.82) is 0 Å². The van der Waals surface area contributed by atoms with Crippen LogP contribution >= 0.6 is 0 Å². The Morgan fingerprint density at radius 2 is 2.00 bits per heavy atom. The molecule has 0 saturated carbocycles. The molecule has 160 valence electrons. The average Bonchev–Trinajstić information content (AvgIpc) is 3.34. The highest BCUT2D eigenvalue weighted by Crippen LogP contribution is 2.21. The van der Waals surface area contributed by atoms with E-state index < -0.39 is 37.4 Å². The van der Waals surface area contributed by atoms with Gasteiger partial charge in [0.2, 0.25) is 5.91 Å². The van der Waals surface area contributed by atoms with Crippen LogP contribution in [0.25, 0.3) is 5.65 Å². The Bertz CT molecular complexity index is 1050. The lowest BCUT2D eigenvalue weighted by Gasteiger charge is -2.07. The summed E-state index contributed by atoms with van der Waals surface area (Å²) in [4.78, 5) is 27.8. The summed E-state index contributed by atoms with van der Waals surface area (Å²) < 4.78 is 42.3. The van der Waals surface area contributed by atoms with Gasteiger partial charge < -0.3 is 15.7 Å². The number of hydrogen-bond donors (Lipinski definition) is 3. The van der Waals surface area contributed by atoms with E-state index >= 15 is 0 Å². The molecule has 11 nitrogen and oxygen atoms in total. The molecule has 0 fully saturated rings. The fraction of sp³-hybridized carbons (Fsp3) is 0.375. The Kier molecular flexibility index (Phi) is 6.25. The number of imidazole rings is 1. The van der Waals surface area contributed by atoms with Gasteiger partial charge in [0.15, 0.2) is 11.3 Å². The third-order valence-corrected chi connectivity index (χ3v) is 3.90. The molecule has 0 aliphatic carbocycles. The topological polar surface area (TPSA) is 148 Å². The van der Waals surface area contributed by atoms with E-state index in [2.05, 4.69) is 35.7 Å². The molecule has 3 N–H and O–H groups in total. The largest absolute Gasteiger partial charge is 0.390 e. The fourth-order valence-electron chi connectivity index (χ4n) is 2.43. The molecule has 0 atom stereocenters. The van der Waals surface area contributed by atoms with Crippen molar-refractivity contribution in [2.24, 2.45) is 0 Å². The van der Waals surface area contributed by atoms with Gasteiger partial charge in [0.05, 0.1) is 37.7 Å². The molecule has 0 radical (unpaired) electrons. The van der Waals surface area contributed by atoms with E-state index in [1.807, 2.05) is 0 Å². The molecule has 0 aliphatic heterocycles. The van der Waals surface area contributed by atoms with Crippen molar-refractivity contribution < 1.29 is 32.5 Å². The number of nitrogens with one attached hydrogen (secondary N) is 2. The van der Waals surface area contributed by atoms with E-state index in [1.54, 1.807) is 12.3 Å². The number of nitrogens with zero attached hydrogens (tertiary/aromatic N) is 5. The Morgan fingerprint density at radius 3 is 2.73 bits per heavy atom. The highest BCUT2D eigenvalue weighted by atomic mass is 19.4. The predicted octanol–water partition coefficient (Wildman–Crippen LogP) is 0.493. The molecule has 0 aromatic carbocycles. The molecule has 3 aromatic heterocycles. The second-order valence-electron chi connectivity index (χ2n) is 6.19. The van der Waals surface area contributed by atoms with Crippen LogP contribution in [0.1, 0.15) is 40.3 Å². The first kappa shape index (κ1) is 21.2. The van der Waals surface area contributed by atoms with Gasteiger partial charge in [-0.1, -0.05) is 5.16 Å². The zero-order valence-electron chi connectivity index (χ0n) is 15.3. The maximum atomic E-state index is 12.1. The van der Waals surface area contributed by atoms with Gasteiger partial charge in [-0.2, -0.15) is 18.3 Å². The summed E-state index contributed by atoms with van der Waals surface area (Å²) in [6, 6.07) is 1.60. The number of aliphatic hydroxyl groups is 1. The van der Waals surface area contributed by atoms with Crippen LogP contribution in [0.2, 0.25) is 0 Å². The molecular formula is C16H16F3N7O4. The highest BCUT2D eigenvalue weighted by Gasteiger charge is 2.27. The molecule has 2 amide bonds. The molecule has 0 saturated heterocycles. The summed E-state index contributed by atoms with van der Waals surface area (Å²) >= 11 is 0. The van der Waals surface area contributed by atoms with Crippen LogP contribution in [-0.2, 0) is 24.5 Å². The van der Waals surface area contributed by atoms with Crippen LogP contribution in [0, 0.1) is 0 Å². The van der Waals surface area contributed by atoms with Crippen molar-refractivity contribution in [2.75, 3.05) is 0 Å². The molecule has 3 aromatic rings. The number of carbonyl (C=O) groups is 2. The van der Waals surface area contributed by atoms with Crippen LogP contribution in [0.15, 0.2) is 23.1 Å². The quantitative estimate of drug-likeness (QED) is 0.471. The van der Waals surface area contributed by atoms with Gasteiger partial charge in [0.1, 0.15) is 5.69 Å². The maximum absolute atomic E-state index is 12.1. The number of fused-ring (bicyclic) bond motifs is 1. The molecule has 14 heteroatoms. The Morgan fingerprint density at radius 1 is 1.20 bits per heavy atom. The minimum Gasteiger partial charge on any atom is -0.390 e. The molecule has 0 aliphatic rings. The van der Waals surface area contributed by atoms with Crippen LogP contribution < -0.4 is 10.6 Å². The number of aromatic nitrogens is 5. The number of amides is 2. The lowest BCUT2D eigenvalue weighted by atomic mass is 10.2. The third-order valence-electron chi connectivity index (χ3n) is 3.90. The van der Waals surface area contributed by atoms with Crippen LogP contribution in [0.4, 0.5) is 13.2 Å². The van der Waals surface area contributed by atoms with Crippen molar-refractivity contribution in [1.82, 2.24) is 35.5 Å². The second-order valence-corrected chi connectivity index (χ2v) is 6.19. The Balaban J connectivity index is 1.56. The number of rotatable bonds is 8. The predicted molar refractivity (Wildman–Crippen MR) is 91.5 cm³/mol. The van der Waals surface area contributed by atoms with Crippen molar-refractivity contribution in [2.45, 2.75) is 38.7 Å². The first-order chi connectivity index (χ1) is 14.2. The molecule has 0 unspecified atom stereocenters. The zero-order valence-corrected chi connectivity index (χ0v) is 15.3. The summed E-state index contributed by atoms with van der Waals surface area (Å²) in [6.07, 6.45) is -3.21. The fourth-order valence-corrected chi connectivity index (χ4v) is 2.43. The van der Waals surface area contributed by atoms with Crippen molar-refractivity contribution in [3.05, 3.63) is 41.1 Å². The zero-order chi connectivity index (χ0) is 21.7. The molecule has 3 heterocycles. The summed E-state index contributed by atoms with van der Waals surface area (Å²) in [5, 5.41) is 24.9. The van der Waals surface area contributed by atoms with Gasteiger partial charge >= 0.3 is 6.18 Å². The van der Waals surface area contributed by atoms with E-state index in [1.165, 1.54) is 10.7 Å². The van der Waals surface area contributed by atoms with Gasteiger partial charge in [-0.3, -0.25) is 9.59 Å². The van der Waals surface area contributed by atoms with Crippen molar-refractivity contribution in [3.63, 3.8) is 0 Å². The van der Waals surface area contributed by atoms with Crippen LogP contribution in [-0.4, -0.2) is 48.0 Å². The number of alkyl halides is 3. The third kappa shape index (κ3) is 5.50. The van der Waals surface area contributed by atoms with Crippen LogP contribution in [0.3, 0.4) is 0 Å². The minimum atomic E-state index is -4.39. The smallest absolute Gasteiger partial charge is 0.389 e. The number of hydrogen-bond acceptors (Lipinski definition) is 8. The van der Waals surface area contributed by atoms with E-state index in [-0.39, 0.29) is 24.5 Å². The summed E-state index contributed by atoms with van der Waals surface area (Å²) in [5.74, 6) is -1.32. The molecule has 0 bridgehead atoms. The summed E-state index contributed by atoms with van der Waals surface area (Å²) in [7, 11) is 0. The van der Waals surface area contributed by atoms with Crippen molar-refractivity contribution >= 4 is 17.5 Å². The van der Waals surface area contributed by atoms with Crippen molar-refractivity contribution in [3.8, 4) is 0 Å². The Hall–Kier alpha value is -3.55. The highest BCUT2D eigenvalue weighted by molar-refractivity contribution is 5.92. The number of carbonyl (C=O) groups excluding carboxylic acids is 2. The van der Waals surface area contributed by atoms with Gasteiger partial charge in [-0.05, 0) is 16.8 Å². The normalized spacial score (nSPS) is 11.6. The first-order valence-corrected chi connectivity index (χ1v) is 8.62. The van der Waals surface area contributed by atoms with E-state index in [0.717, 1.165) is 0 Å². The number of halogens is 3. The van der Waals surface area contributed by atoms with Gasteiger partial charge in [0, 0.05) is 13.0 Å². The van der Waals surface area contributed by atoms with Gasteiger partial charge in [-0.25, -0.2) is 14.1 Å². The summed E-state index contributed by atoms with van der Waals surface area (Å²) in [6.45, 7) is -0.467. The lowest BCUT2D eigenvalue weighted by molar-refractivity contribution is -0.144. The van der Waals surface area contributed by atoms with E-state index in [0.29, 0.717) is 16.9 Å². The van der Waals surface area contributed by atoms with E-state index in [9.17, 15) is 22.8 Å². The number of aliphatic hydroxyl groups excluding tert-OH is 1. The molecule has 30 heavy (non-hydrogen) atoms. The second kappa shape index (κ2) is 8.86. The Labute approximate surface area is 166 Å². The lowest BCUT2D eigenvalue weighted by Crippen LogP contribution is -2.24. The van der Waals surface area contributed by atoms with E-state index in [4.69, 9.17) is 5.11 Å². The molecule has 3 rings (SSSR count). The van der Waals surface area contributed by atoms with Crippen LogP contribution in [0.5, 0.6) is 0 Å². The standard InChI is InChI=1S/C16H16F3N7O4/c17-16(18,19)2-1-13(28)20-4-9-3-12-23-10(7-26(12)22-5-9)6-21-15(29)14-11(8-27)24-30-25-14/h3,5,7,27H,1-2,4,6,8H2,(H,20,28)(H,21,29). The summed E-state index contributed by atoms with van der Waals surface area (Å²) in [5.41, 5.74) is 1.30. The molecule has 0 spiro atoms. The van der Waals surface area contributed by atoms with Gasteiger partial charge in [0.25, 0.3) is 5.91 Å². The average molecular weight is 427 g/mol. The minimum absolute atomic E-state index is 0.00220. The maximum Gasteiger partial charge on any atom is 0.389 e. The van der Waals surface area contributed by atoms with Gasteiger partial charge in [-0.15, -0.1) is 0 Å². The first-order valence-electron chi connectivity index (χ1n) is 8.62. The SMILES string of the molecule is O=C(CCC(F)(F)F)NCc1cnn2cc(CNC(=O)c3nonc3CO)nc2c1.